The Balaban J connectivity index is 0. The minimum absolute atomic E-state index is 0. The summed E-state index contributed by atoms with van der Waals surface area (Å²) in [7, 11) is 0. The van der Waals surface area contributed by atoms with Crippen LogP contribution in [0.25, 0.3) is 0 Å². The summed E-state index contributed by atoms with van der Waals surface area (Å²) in [6.45, 7) is 5.46. The van der Waals surface area contributed by atoms with Crippen molar-refractivity contribution in [3.8, 4) is 0 Å². The third-order valence-corrected chi connectivity index (χ3v) is 1.01. The summed E-state index contributed by atoms with van der Waals surface area (Å²) in [5.74, 6) is 0. The number of allylic oxidation sites excluding steroid dienone is 4. The Hall–Kier alpha value is -1.31. The highest BCUT2D eigenvalue weighted by atomic mass is 14.6. The fourth-order valence-electron chi connectivity index (χ4n) is 0.390. The standard InChI is InChI=1S/C8H12N2.H2/c1-3-4-5-8(10)7(2)6-9;/h3-6,9H,2,10H2,1H3;1H/b4-3-,8-5+,9-6?;. The van der Waals surface area contributed by atoms with Crippen LogP contribution in [0.1, 0.15) is 8.35 Å². The molecule has 0 aliphatic heterocycles. The summed E-state index contributed by atoms with van der Waals surface area (Å²) in [4.78, 5) is 0. The lowest BCUT2D eigenvalue weighted by molar-refractivity contribution is 1.38. The van der Waals surface area contributed by atoms with Crippen LogP contribution in [-0.2, 0) is 0 Å². The number of nitrogens with two attached hydrogens (primary N) is 1. The van der Waals surface area contributed by atoms with Gasteiger partial charge in [-0.2, -0.15) is 0 Å². The zero-order chi connectivity index (χ0) is 7.98. The molecule has 2 heteroatoms. The first kappa shape index (κ1) is 8.69. The van der Waals surface area contributed by atoms with Crippen molar-refractivity contribution in [3.63, 3.8) is 0 Å². The van der Waals surface area contributed by atoms with E-state index in [1.54, 1.807) is 6.08 Å². The van der Waals surface area contributed by atoms with E-state index < -0.39 is 0 Å². The van der Waals surface area contributed by atoms with E-state index in [2.05, 4.69) is 6.58 Å². The topological polar surface area (TPSA) is 49.9 Å². The molecular weight excluding hydrogens is 124 g/mol. The SMILES string of the molecule is C=C(C=N)/C(N)=C\C=C/C.[HH]. The quantitative estimate of drug-likeness (QED) is 0.454. The van der Waals surface area contributed by atoms with Gasteiger partial charge < -0.3 is 11.1 Å². The molecule has 10 heavy (non-hydrogen) atoms. The molecule has 0 heterocycles. The van der Waals surface area contributed by atoms with Crippen molar-refractivity contribution in [2.75, 3.05) is 0 Å². The van der Waals surface area contributed by atoms with E-state index in [-0.39, 0.29) is 1.43 Å². The summed E-state index contributed by atoms with van der Waals surface area (Å²) in [6.07, 6.45) is 6.52. The van der Waals surface area contributed by atoms with Crippen LogP contribution in [0.2, 0.25) is 0 Å². The van der Waals surface area contributed by atoms with Gasteiger partial charge in [-0.25, -0.2) is 0 Å². The average Bonchev–Trinajstić information content (AvgIpc) is 1.98. The molecule has 0 saturated heterocycles. The predicted molar refractivity (Wildman–Crippen MR) is 47.1 cm³/mol. The summed E-state index contributed by atoms with van der Waals surface area (Å²) in [5, 5.41) is 6.81. The Morgan fingerprint density at radius 1 is 1.70 bits per heavy atom. The Morgan fingerprint density at radius 2 is 2.30 bits per heavy atom. The number of rotatable bonds is 3. The fraction of sp³-hybridized carbons (Fsp3) is 0.125. The fourth-order valence-corrected chi connectivity index (χ4v) is 0.390. The third kappa shape index (κ3) is 2.87. The molecule has 0 saturated carbocycles. The maximum absolute atomic E-state index is 6.81. The summed E-state index contributed by atoms with van der Waals surface area (Å²) >= 11 is 0. The zero-order valence-corrected chi connectivity index (χ0v) is 6.09. The van der Waals surface area contributed by atoms with E-state index in [0.717, 1.165) is 6.21 Å². The van der Waals surface area contributed by atoms with Gasteiger partial charge in [0.25, 0.3) is 0 Å². The van der Waals surface area contributed by atoms with Gasteiger partial charge in [0, 0.05) is 18.9 Å². The Kier molecular flexibility index (Phi) is 3.96. The summed E-state index contributed by atoms with van der Waals surface area (Å²) < 4.78 is 0. The molecule has 0 amide bonds. The molecule has 0 aliphatic rings. The molecular formula is C8H14N2. The maximum atomic E-state index is 6.81. The normalized spacial score (nSPS) is 11.9. The first-order chi connectivity index (χ1) is 4.72. The molecule has 0 rings (SSSR count). The molecule has 2 nitrogen and oxygen atoms in total. The second-order valence-electron chi connectivity index (χ2n) is 1.82. The molecule has 56 valence electrons. The largest absolute Gasteiger partial charge is 0.398 e. The molecule has 0 atom stereocenters. The first-order valence-corrected chi connectivity index (χ1v) is 3.00. The zero-order valence-electron chi connectivity index (χ0n) is 6.09. The van der Waals surface area contributed by atoms with Crippen molar-refractivity contribution < 1.29 is 1.43 Å². The van der Waals surface area contributed by atoms with E-state index in [0.29, 0.717) is 11.3 Å². The molecule has 0 aromatic heterocycles. The van der Waals surface area contributed by atoms with Crippen LogP contribution in [0, 0.1) is 5.41 Å². The molecule has 0 spiro atoms. The number of nitrogens with one attached hydrogen (secondary N) is 1. The van der Waals surface area contributed by atoms with Gasteiger partial charge in [-0.1, -0.05) is 18.7 Å². The van der Waals surface area contributed by atoms with E-state index in [1.165, 1.54) is 0 Å². The van der Waals surface area contributed by atoms with Crippen LogP contribution in [0.15, 0.2) is 36.1 Å². The van der Waals surface area contributed by atoms with E-state index in [9.17, 15) is 0 Å². The first-order valence-electron chi connectivity index (χ1n) is 3.00. The van der Waals surface area contributed by atoms with Gasteiger partial charge in [0.05, 0.1) is 0 Å². The molecule has 0 aromatic carbocycles. The molecule has 0 radical (unpaired) electrons. The highest BCUT2D eigenvalue weighted by molar-refractivity contribution is 5.80. The lowest BCUT2D eigenvalue weighted by Gasteiger charge is -1.94. The average molecular weight is 138 g/mol. The van der Waals surface area contributed by atoms with Crippen molar-refractivity contribution in [2.24, 2.45) is 5.73 Å². The monoisotopic (exact) mass is 138 g/mol. The van der Waals surface area contributed by atoms with Crippen LogP contribution in [-0.4, -0.2) is 6.21 Å². The van der Waals surface area contributed by atoms with E-state index >= 15 is 0 Å². The molecule has 0 bridgehead atoms. The Bertz CT molecular complexity index is 192. The van der Waals surface area contributed by atoms with Crippen molar-refractivity contribution in [2.45, 2.75) is 6.92 Å². The smallest absolute Gasteiger partial charge is 0.0396 e. The van der Waals surface area contributed by atoms with Crippen molar-refractivity contribution in [1.82, 2.24) is 0 Å². The highest BCUT2D eigenvalue weighted by Crippen LogP contribution is 1.95. The van der Waals surface area contributed by atoms with Crippen LogP contribution in [0.4, 0.5) is 0 Å². The predicted octanol–water partition coefficient (Wildman–Crippen LogP) is 1.86. The molecule has 3 N–H and O–H groups in total. The van der Waals surface area contributed by atoms with Crippen LogP contribution < -0.4 is 5.73 Å². The van der Waals surface area contributed by atoms with E-state index in [4.69, 9.17) is 11.1 Å². The van der Waals surface area contributed by atoms with E-state index in [1.807, 2.05) is 19.1 Å². The van der Waals surface area contributed by atoms with Crippen LogP contribution >= 0.6 is 0 Å². The summed E-state index contributed by atoms with van der Waals surface area (Å²) in [6, 6.07) is 0. The van der Waals surface area contributed by atoms with Crippen molar-refractivity contribution >= 4 is 6.21 Å². The molecule has 0 unspecified atom stereocenters. The molecule has 0 aliphatic carbocycles. The minimum Gasteiger partial charge on any atom is -0.398 e. The second-order valence-corrected chi connectivity index (χ2v) is 1.82. The lowest BCUT2D eigenvalue weighted by atomic mass is 10.2. The maximum Gasteiger partial charge on any atom is 0.0396 e. The third-order valence-electron chi connectivity index (χ3n) is 1.01. The Labute approximate surface area is 62.7 Å². The van der Waals surface area contributed by atoms with Gasteiger partial charge in [-0.15, -0.1) is 0 Å². The van der Waals surface area contributed by atoms with Gasteiger partial charge >= 0.3 is 0 Å². The number of hydrogen-bond acceptors (Lipinski definition) is 2. The highest BCUT2D eigenvalue weighted by Gasteiger charge is 1.88. The van der Waals surface area contributed by atoms with Crippen LogP contribution in [0.5, 0.6) is 0 Å². The summed E-state index contributed by atoms with van der Waals surface area (Å²) in [5.41, 5.74) is 6.55. The lowest BCUT2D eigenvalue weighted by Crippen LogP contribution is -1.99. The number of hydrogen-bond donors (Lipinski definition) is 2. The molecule has 0 fully saturated rings. The van der Waals surface area contributed by atoms with Crippen molar-refractivity contribution in [1.29, 1.82) is 5.41 Å². The van der Waals surface area contributed by atoms with Crippen molar-refractivity contribution in [3.05, 3.63) is 36.1 Å². The second kappa shape index (κ2) is 4.56. The van der Waals surface area contributed by atoms with Gasteiger partial charge in [0.1, 0.15) is 0 Å². The molecule has 0 aromatic rings. The van der Waals surface area contributed by atoms with Gasteiger partial charge in [0.2, 0.25) is 0 Å². The van der Waals surface area contributed by atoms with Gasteiger partial charge in [-0.3, -0.25) is 0 Å². The Morgan fingerprint density at radius 3 is 2.70 bits per heavy atom. The van der Waals surface area contributed by atoms with Crippen LogP contribution in [0.3, 0.4) is 0 Å². The van der Waals surface area contributed by atoms with Gasteiger partial charge in [0.15, 0.2) is 0 Å². The minimum atomic E-state index is 0. The van der Waals surface area contributed by atoms with Gasteiger partial charge in [-0.05, 0) is 13.0 Å².